The highest BCUT2D eigenvalue weighted by molar-refractivity contribution is 7.99. The van der Waals surface area contributed by atoms with E-state index < -0.39 is 0 Å². The van der Waals surface area contributed by atoms with Gasteiger partial charge in [0, 0.05) is 12.2 Å². The van der Waals surface area contributed by atoms with E-state index in [9.17, 15) is 9.90 Å². The van der Waals surface area contributed by atoms with Crippen molar-refractivity contribution in [2.24, 2.45) is 0 Å². The lowest BCUT2D eigenvalue weighted by Crippen LogP contribution is -2.15. The highest BCUT2D eigenvalue weighted by Gasteiger charge is 2.13. The van der Waals surface area contributed by atoms with E-state index >= 15 is 0 Å². The molecule has 1 aromatic heterocycles. The zero-order chi connectivity index (χ0) is 19.2. The van der Waals surface area contributed by atoms with Crippen molar-refractivity contribution in [1.82, 2.24) is 9.55 Å². The Balaban J connectivity index is 1.66. The van der Waals surface area contributed by atoms with Gasteiger partial charge in [-0.2, -0.15) is 0 Å². The third-order valence-corrected chi connectivity index (χ3v) is 5.15. The Morgan fingerprint density at radius 3 is 2.63 bits per heavy atom. The lowest BCUT2D eigenvalue weighted by atomic mass is 10.1. The molecule has 0 radical (unpaired) electrons. The highest BCUT2D eigenvalue weighted by atomic mass is 32.2. The summed E-state index contributed by atoms with van der Waals surface area (Å²) in [7, 11) is 0. The number of thioether (sulfide) groups is 1. The van der Waals surface area contributed by atoms with E-state index in [4.69, 9.17) is 0 Å². The summed E-state index contributed by atoms with van der Waals surface area (Å²) < 4.78 is 1.95. The molecule has 0 spiro atoms. The van der Waals surface area contributed by atoms with Crippen molar-refractivity contribution < 1.29 is 9.90 Å². The molecule has 0 aliphatic rings. The molecule has 0 aliphatic heterocycles. The average molecular weight is 382 g/mol. The van der Waals surface area contributed by atoms with Crippen LogP contribution in [0.15, 0.2) is 59.9 Å². The molecule has 3 rings (SSSR count). The van der Waals surface area contributed by atoms with Crippen LogP contribution in [-0.2, 0) is 17.9 Å². The molecular formula is C21H23N3O2S. The van der Waals surface area contributed by atoms with Gasteiger partial charge < -0.3 is 15.0 Å². The number of rotatable bonds is 7. The van der Waals surface area contributed by atoms with Crippen LogP contribution in [0.5, 0.6) is 0 Å². The van der Waals surface area contributed by atoms with Crippen LogP contribution < -0.4 is 5.32 Å². The predicted molar refractivity (Wildman–Crippen MR) is 109 cm³/mol. The third-order valence-electron chi connectivity index (χ3n) is 4.16. The van der Waals surface area contributed by atoms with Crippen molar-refractivity contribution >= 4 is 23.4 Å². The Morgan fingerprint density at radius 1 is 1.15 bits per heavy atom. The van der Waals surface area contributed by atoms with Gasteiger partial charge >= 0.3 is 0 Å². The topological polar surface area (TPSA) is 67.1 Å². The number of imidazole rings is 1. The van der Waals surface area contributed by atoms with E-state index in [1.165, 1.54) is 17.3 Å². The van der Waals surface area contributed by atoms with Crippen molar-refractivity contribution in [3.8, 4) is 0 Å². The summed E-state index contributed by atoms with van der Waals surface area (Å²) in [6.45, 7) is 4.56. The maximum absolute atomic E-state index is 12.3. The molecule has 140 valence electrons. The quantitative estimate of drug-likeness (QED) is 0.612. The standard InChI is InChI=1S/C21H23N3O2S/c1-15-6-8-17(9-7-15)12-24-19(13-25)11-22-21(24)27-14-20(26)23-18-5-3-4-16(2)10-18/h3-11,25H,12-14H2,1-2H3,(H,23,26). The second-order valence-corrected chi connectivity index (χ2v) is 7.41. The monoisotopic (exact) mass is 381 g/mol. The fourth-order valence-electron chi connectivity index (χ4n) is 2.73. The van der Waals surface area contributed by atoms with Crippen LogP contribution in [0, 0.1) is 13.8 Å². The van der Waals surface area contributed by atoms with E-state index in [0.29, 0.717) is 6.54 Å². The second-order valence-electron chi connectivity index (χ2n) is 6.47. The third kappa shape index (κ3) is 5.21. The molecule has 2 N–H and O–H groups in total. The molecule has 0 saturated heterocycles. The molecule has 6 heteroatoms. The summed E-state index contributed by atoms with van der Waals surface area (Å²) in [6, 6.07) is 16.0. The zero-order valence-corrected chi connectivity index (χ0v) is 16.3. The maximum atomic E-state index is 12.3. The molecular weight excluding hydrogens is 358 g/mol. The molecule has 27 heavy (non-hydrogen) atoms. The van der Waals surface area contributed by atoms with Gasteiger partial charge in [-0.1, -0.05) is 53.7 Å². The SMILES string of the molecule is Cc1ccc(Cn2c(CO)cnc2SCC(=O)Nc2cccc(C)c2)cc1. The second kappa shape index (κ2) is 8.88. The fourth-order valence-corrected chi connectivity index (χ4v) is 3.53. The summed E-state index contributed by atoms with van der Waals surface area (Å²) in [5.74, 6) is 0.171. The zero-order valence-electron chi connectivity index (χ0n) is 15.5. The van der Waals surface area contributed by atoms with Gasteiger partial charge in [0.25, 0.3) is 0 Å². The van der Waals surface area contributed by atoms with Crippen molar-refractivity contribution in [1.29, 1.82) is 0 Å². The number of benzene rings is 2. The normalized spacial score (nSPS) is 10.8. The van der Waals surface area contributed by atoms with Gasteiger partial charge in [0.2, 0.25) is 5.91 Å². The van der Waals surface area contributed by atoms with Gasteiger partial charge in [0.1, 0.15) is 0 Å². The van der Waals surface area contributed by atoms with Gasteiger partial charge in [0.05, 0.1) is 24.3 Å². The number of nitrogens with zero attached hydrogens (tertiary/aromatic N) is 2. The number of hydrogen-bond donors (Lipinski definition) is 2. The first kappa shape index (κ1) is 19.2. The van der Waals surface area contributed by atoms with Crippen LogP contribution in [0.2, 0.25) is 0 Å². The minimum Gasteiger partial charge on any atom is -0.390 e. The first-order chi connectivity index (χ1) is 13.0. The van der Waals surface area contributed by atoms with Crippen molar-refractivity contribution in [2.75, 3.05) is 11.1 Å². The Labute approximate surface area is 163 Å². The van der Waals surface area contributed by atoms with Gasteiger partial charge in [-0.3, -0.25) is 4.79 Å². The molecule has 0 bridgehead atoms. The van der Waals surface area contributed by atoms with E-state index in [-0.39, 0.29) is 18.3 Å². The first-order valence-electron chi connectivity index (χ1n) is 8.75. The Bertz CT molecular complexity index is 919. The van der Waals surface area contributed by atoms with E-state index in [1.807, 2.05) is 42.7 Å². The van der Waals surface area contributed by atoms with Crippen molar-refractivity contribution in [3.05, 3.63) is 77.1 Å². The summed E-state index contributed by atoms with van der Waals surface area (Å²) in [4.78, 5) is 16.6. The lowest BCUT2D eigenvalue weighted by Gasteiger charge is -2.11. The molecule has 0 atom stereocenters. The number of carbonyl (C=O) groups excluding carboxylic acids is 1. The van der Waals surface area contributed by atoms with E-state index in [1.54, 1.807) is 6.20 Å². The van der Waals surface area contributed by atoms with Crippen LogP contribution in [-0.4, -0.2) is 26.3 Å². The highest BCUT2D eigenvalue weighted by Crippen LogP contribution is 2.21. The van der Waals surface area contributed by atoms with Crippen LogP contribution in [0.1, 0.15) is 22.4 Å². The summed E-state index contributed by atoms with van der Waals surface area (Å²) in [5, 5.41) is 13.2. The molecule has 2 aromatic carbocycles. The number of aryl methyl sites for hydroxylation is 2. The largest absolute Gasteiger partial charge is 0.390 e. The Kier molecular flexibility index (Phi) is 6.32. The number of anilines is 1. The summed E-state index contributed by atoms with van der Waals surface area (Å²) in [5.41, 5.74) is 4.95. The molecule has 5 nitrogen and oxygen atoms in total. The smallest absolute Gasteiger partial charge is 0.234 e. The van der Waals surface area contributed by atoms with E-state index in [2.05, 4.69) is 34.6 Å². The molecule has 1 amide bonds. The van der Waals surface area contributed by atoms with Crippen LogP contribution in [0.4, 0.5) is 5.69 Å². The van der Waals surface area contributed by atoms with Gasteiger partial charge in [0.15, 0.2) is 5.16 Å². The minimum atomic E-state index is -0.0884. The molecule has 0 fully saturated rings. The summed E-state index contributed by atoms with van der Waals surface area (Å²) >= 11 is 1.37. The number of aliphatic hydroxyl groups excluding tert-OH is 1. The molecule has 1 heterocycles. The lowest BCUT2D eigenvalue weighted by molar-refractivity contribution is -0.113. The number of amides is 1. The minimum absolute atomic E-state index is 0.0824. The van der Waals surface area contributed by atoms with E-state index in [0.717, 1.165) is 27.7 Å². The molecule has 0 unspecified atom stereocenters. The number of nitrogens with one attached hydrogen (secondary N) is 1. The average Bonchev–Trinajstić information content (AvgIpc) is 3.03. The number of aromatic nitrogens is 2. The van der Waals surface area contributed by atoms with Gasteiger partial charge in [-0.25, -0.2) is 4.98 Å². The van der Waals surface area contributed by atoms with Crippen molar-refractivity contribution in [3.63, 3.8) is 0 Å². The number of carbonyl (C=O) groups is 1. The van der Waals surface area contributed by atoms with Gasteiger partial charge in [-0.05, 0) is 37.1 Å². The Hall–Kier alpha value is -2.57. The first-order valence-corrected chi connectivity index (χ1v) is 9.74. The number of aliphatic hydroxyl groups is 1. The predicted octanol–water partition coefficient (Wildman–Crippen LogP) is 3.77. The van der Waals surface area contributed by atoms with Crippen LogP contribution in [0.25, 0.3) is 0 Å². The summed E-state index contributed by atoms with van der Waals surface area (Å²) in [6.07, 6.45) is 1.66. The maximum Gasteiger partial charge on any atom is 0.234 e. The van der Waals surface area contributed by atoms with Crippen molar-refractivity contribution in [2.45, 2.75) is 32.2 Å². The number of hydrogen-bond acceptors (Lipinski definition) is 4. The van der Waals surface area contributed by atoms with Gasteiger partial charge in [-0.15, -0.1) is 0 Å². The van der Waals surface area contributed by atoms with Crippen LogP contribution >= 0.6 is 11.8 Å². The molecule has 0 aliphatic carbocycles. The molecule has 0 saturated carbocycles. The Morgan fingerprint density at radius 2 is 1.93 bits per heavy atom. The fraction of sp³-hybridized carbons (Fsp3) is 0.238. The van der Waals surface area contributed by atoms with Crippen LogP contribution in [0.3, 0.4) is 0 Å². The molecule has 3 aromatic rings.